The maximum Gasteiger partial charge on any atom is 0.268 e. The summed E-state index contributed by atoms with van der Waals surface area (Å²) in [6.45, 7) is 0.262. The van der Waals surface area contributed by atoms with Gasteiger partial charge in [-0.3, -0.25) is 4.79 Å². The molecule has 8 nitrogen and oxygen atoms in total. The van der Waals surface area contributed by atoms with Gasteiger partial charge in [-0.1, -0.05) is 67.1 Å². The minimum Gasteiger partial charge on any atom is -0.490 e. The summed E-state index contributed by atoms with van der Waals surface area (Å²) in [6, 6.07) is 22.3. The van der Waals surface area contributed by atoms with Crippen LogP contribution in [0.25, 0.3) is 11.1 Å². The highest BCUT2D eigenvalue weighted by atomic mass is 32.2. The van der Waals surface area contributed by atoms with Crippen molar-refractivity contribution >= 4 is 15.9 Å². The molecule has 3 aromatic carbocycles. The first-order chi connectivity index (χ1) is 19.2. The Morgan fingerprint density at radius 1 is 0.975 bits per heavy atom. The molecule has 4 N–H and O–H groups in total. The Balaban J connectivity index is 1.46. The Labute approximate surface area is 236 Å². The average Bonchev–Trinajstić information content (AvgIpc) is 2.95. The van der Waals surface area contributed by atoms with Crippen LogP contribution >= 0.6 is 0 Å². The molecule has 0 aromatic heterocycles. The van der Waals surface area contributed by atoms with E-state index < -0.39 is 22.0 Å². The van der Waals surface area contributed by atoms with E-state index in [1.54, 1.807) is 18.2 Å². The summed E-state index contributed by atoms with van der Waals surface area (Å²) in [4.78, 5) is 12.7. The predicted octanol–water partition coefficient (Wildman–Crippen LogP) is 3.98. The lowest BCUT2D eigenvalue weighted by Crippen LogP contribution is -2.37. The van der Waals surface area contributed by atoms with Crippen molar-refractivity contribution < 1.29 is 28.2 Å². The zero-order chi connectivity index (χ0) is 28.5. The van der Waals surface area contributed by atoms with Crippen molar-refractivity contribution in [2.75, 3.05) is 19.4 Å². The van der Waals surface area contributed by atoms with Crippen molar-refractivity contribution in [3.8, 4) is 16.9 Å². The number of aliphatic hydroxyl groups is 2. The van der Waals surface area contributed by atoms with E-state index in [1.165, 1.54) is 0 Å². The van der Waals surface area contributed by atoms with Crippen molar-refractivity contribution in [1.29, 1.82) is 0 Å². The highest BCUT2D eigenvalue weighted by molar-refractivity contribution is 7.89. The van der Waals surface area contributed by atoms with Gasteiger partial charge >= 0.3 is 0 Å². The summed E-state index contributed by atoms with van der Waals surface area (Å²) < 4.78 is 31.6. The van der Waals surface area contributed by atoms with E-state index in [4.69, 9.17) is 4.74 Å². The van der Waals surface area contributed by atoms with Gasteiger partial charge in [-0.05, 0) is 66.5 Å². The second-order valence-corrected chi connectivity index (χ2v) is 12.2. The van der Waals surface area contributed by atoms with Crippen molar-refractivity contribution in [2.45, 2.75) is 56.8 Å². The number of amides is 1. The fourth-order valence-corrected chi connectivity index (χ4v) is 5.41. The lowest BCUT2D eigenvalue weighted by molar-refractivity contribution is 0.0969. The van der Waals surface area contributed by atoms with Crippen molar-refractivity contribution in [1.82, 2.24) is 10.0 Å². The summed E-state index contributed by atoms with van der Waals surface area (Å²) in [5.74, 6) is -0.341. The number of hydrogen-bond acceptors (Lipinski definition) is 7. The number of nitrogens with one attached hydrogen (secondary N) is 2. The van der Waals surface area contributed by atoms with E-state index in [0.717, 1.165) is 60.6 Å². The molecular formula is C31H38N2O6S. The molecule has 1 amide bonds. The average molecular weight is 567 g/mol. The number of aliphatic hydroxyl groups excluding tert-OH is 2. The molecular weight excluding hydrogens is 528 g/mol. The molecule has 0 spiro atoms. The van der Waals surface area contributed by atoms with E-state index >= 15 is 0 Å². The monoisotopic (exact) mass is 566 g/mol. The first kappa shape index (κ1) is 29.7. The molecule has 1 aliphatic rings. The summed E-state index contributed by atoms with van der Waals surface area (Å²) in [5.41, 5.74) is 3.79. The van der Waals surface area contributed by atoms with E-state index in [9.17, 15) is 23.4 Å². The van der Waals surface area contributed by atoms with Gasteiger partial charge in [0.25, 0.3) is 5.91 Å². The minimum atomic E-state index is -3.72. The fourth-order valence-electron chi connectivity index (χ4n) is 4.96. The van der Waals surface area contributed by atoms with Gasteiger partial charge in [-0.15, -0.1) is 0 Å². The van der Waals surface area contributed by atoms with Crippen LogP contribution in [0, 0.1) is 0 Å². The molecule has 0 aliphatic heterocycles. The molecule has 9 heteroatoms. The number of hydrogen-bond donors (Lipinski definition) is 4. The molecule has 1 aliphatic carbocycles. The molecule has 0 radical (unpaired) electrons. The first-order valence-electron chi connectivity index (χ1n) is 13.7. The standard InChI is InChI=1S/C31H38N2O6S/c1-40(37,38)33-31(36)28-17-16-25(19-30(28)39-27-10-6-3-7-11-27)23-14-12-22(13-15-23)18-26(21-34)32-20-29(35)24-8-4-2-5-9-24/h2,4-5,8-9,12-17,19,26-27,29,32,34-35H,3,6-7,10-11,18,20-21H2,1H3,(H,33,36)/t26-,29+/m0/s1. The van der Waals surface area contributed by atoms with Crippen LogP contribution in [-0.2, 0) is 16.4 Å². The molecule has 1 saturated carbocycles. The van der Waals surface area contributed by atoms with Gasteiger partial charge in [-0.2, -0.15) is 0 Å². The maximum absolute atomic E-state index is 12.7. The molecule has 40 heavy (non-hydrogen) atoms. The molecule has 2 atom stereocenters. The molecule has 1 fully saturated rings. The third-order valence-electron chi connectivity index (χ3n) is 7.12. The quantitative estimate of drug-likeness (QED) is 0.261. The number of carbonyl (C=O) groups is 1. The molecule has 0 heterocycles. The second kappa shape index (κ2) is 13.9. The molecule has 0 unspecified atom stereocenters. The third kappa shape index (κ3) is 8.63. The van der Waals surface area contributed by atoms with Crippen LogP contribution in [0.2, 0.25) is 0 Å². The third-order valence-corrected chi connectivity index (χ3v) is 7.68. The van der Waals surface area contributed by atoms with Crippen LogP contribution in [0.3, 0.4) is 0 Å². The summed E-state index contributed by atoms with van der Waals surface area (Å²) in [7, 11) is -3.72. The Morgan fingerprint density at radius 3 is 2.30 bits per heavy atom. The number of ether oxygens (including phenoxy) is 1. The van der Waals surface area contributed by atoms with Crippen LogP contribution < -0.4 is 14.8 Å². The SMILES string of the molecule is CS(=O)(=O)NC(=O)c1ccc(-c2ccc(C[C@@H](CO)NC[C@@H](O)c3ccccc3)cc2)cc1OC1CCCCC1. The summed E-state index contributed by atoms with van der Waals surface area (Å²) in [5, 5.41) is 23.5. The largest absolute Gasteiger partial charge is 0.490 e. The van der Waals surface area contributed by atoms with Crippen LogP contribution in [0.5, 0.6) is 5.75 Å². The zero-order valence-electron chi connectivity index (χ0n) is 22.8. The lowest BCUT2D eigenvalue weighted by atomic mass is 9.97. The highest BCUT2D eigenvalue weighted by Gasteiger charge is 2.22. The zero-order valence-corrected chi connectivity index (χ0v) is 23.6. The number of sulfonamides is 1. The highest BCUT2D eigenvalue weighted by Crippen LogP contribution is 2.31. The smallest absolute Gasteiger partial charge is 0.268 e. The molecule has 0 saturated heterocycles. The van der Waals surface area contributed by atoms with Gasteiger partial charge in [0.05, 0.1) is 30.6 Å². The van der Waals surface area contributed by atoms with Gasteiger partial charge < -0.3 is 20.3 Å². The van der Waals surface area contributed by atoms with Crippen LogP contribution in [0.15, 0.2) is 72.8 Å². The van der Waals surface area contributed by atoms with E-state index in [1.807, 2.05) is 59.3 Å². The number of carbonyl (C=O) groups excluding carboxylic acids is 1. The lowest BCUT2D eigenvalue weighted by Gasteiger charge is -2.24. The first-order valence-corrected chi connectivity index (χ1v) is 15.6. The van der Waals surface area contributed by atoms with Gasteiger partial charge in [0, 0.05) is 12.6 Å². The predicted molar refractivity (Wildman–Crippen MR) is 156 cm³/mol. The van der Waals surface area contributed by atoms with Crippen molar-refractivity contribution in [3.63, 3.8) is 0 Å². The molecule has 214 valence electrons. The second-order valence-electron chi connectivity index (χ2n) is 10.4. The van der Waals surface area contributed by atoms with Crippen molar-refractivity contribution in [2.24, 2.45) is 0 Å². The fraction of sp³-hybridized carbons (Fsp3) is 0.387. The summed E-state index contributed by atoms with van der Waals surface area (Å²) >= 11 is 0. The number of benzene rings is 3. The topological polar surface area (TPSA) is 125 Å². The summed E-state index contributed by atoms with van der Waals surface area (Å²) in [6.07, 6.45) is 5.93. The Morgan fingerprint density at radius 2 is 1.65 bits per heavy atom. The minimum absolute atomic E-state index is 0.0144. The van der Waals surface area contributed by atoms with Gasteiger partial charge in [-0.25, -0.2) is 13.1 Å². The Hall–Kier alpha value is -3.24. The van der Waals surface area contributed by atoms with Crippen LogP contribution in [0.4, 0.5) is 0 Å². The van der Waals surface area contributed by atoms with Gasteiger partial charge in [0.2, 0.25) is 10.0 Å². The number of rotatable bonds is 12. The molecule has 0 bridgehead atoms. The van der Waals surface area contributed by atoms with Gasteiger partial charge in [0.15, 0.2) is 0 Å². The Bertz CT molecular complexity index is 1360. The van der Waals surface area contributed by atoms with Crippen LogP contribution in [-0.4, -0.2) is 56.1 Å². The Kier molecular flexibility index (Phi) is 10.3. The maximum atomic E-state index is 12.7. The van der Waals surface area contributed by atoms with Gasteiger partial charge in [0.1, 0.15) is 5.75 Å². The van der Waals surface area contributed by atoms with Crippen molar-refractivity contribution in [3.05, 3.63) is 89.5 Å². The normalized spacial score (nSPS) is 15.8. The van der Waals surface area contributed by atoms with E-state index in [2.05, 4.69) is 5.32 Å². The molecule has 4 rings (SSSR count). The van der Waals surface area contributed by atoms with E-state index in [0.29, 0.717) is 18.7 Å². The molecule has 3 aromatic rings. The van der Waals surface area contributed by atoms with Crippen LogP contribution in [0.1, 0.15) is 59.7 Å². The van der Waals surface area contributed by atoms with E-state index in [-0.39, 0.29) is 24.3 Å².